The van der Waals surface area contributed by atoms with Crippen LogP contribution in [0.15, 0.2) is 30.3 Å². The third-order valence-electron chi connectivity index (χ3n) is 6.69. The first-order chi connectivity index (χ1) is 13.2. The maximum atomic E-state index is 14.1. The van der Waals surface area contributed by atoms with Crippen molar-refractivity contribution in [1.82, 2.24) is 14.8 Å². The Morgan fingerprint density at radius 2 is 1.96 bits per heavy atom. The molecule has 2 aromatic rings. The van der Waals surface area contributed by atoms with Gasteiger partial charge in [-0.25, -0.2) is 9.37 Å². The summed E-state index contributed by atoms with van der Waals surface area (Å²) in [6.07, 6.45) is 5.69. The van der Waals surface area contributed by atoms with E-state index in [0.717, 1.165) is 56.5 Å². The largest absolute Gasteiger partial charge is 0.341 e. The number of carbonyl (C=O) groups is 1. The van der Waals surface area contributed by atoms with Gasteiger partial charge in [-0.3, -0.25) is 9.69 Å². The van der Waals surface area contributed by atoms with Crippen LogP contribution in [0.1, 0.15) is 37.8 Å². The Morgan fingerprint density at radius 3 is 2.78 bits per heavy atom. The summed E-state index contributed by atoms with van der Waals surface area (Å²) in [5.41, 5.74) is 1.37. The molecule has 4 fully saturated rings. The Bertz CT molecular complexity index is 866. The van der Waals surface area contributed by atoms with Gasteiger partial charge in [0, 0.05) is 43.5 Å². The first-order valence-corrected chi connectivity index (χ1v) is 10.2. The summed E-state index contributed by atoms with van der Waals surface area (Å²) in [5, 5.41) is 0.841. The topological polar surface area (TPSA) is 36.4 Å². The fourth-order valence-electron chi connectivity index (χ4n) is 4.91. The van der Waals surface area contributed by atoms with E-state index in [2.05, 4.69) is 14.8 Å². The van der Waals surface area contributed by atoms with Crippen LogP contribution in [0.5, 0.6) is 0 Å². The van der Waals surface area contributed by atoms with Crippen LogP contribution in [0.25, 0.3) is 10.9 Å². The number of aromatic nitrogens is 1. The van der Waals surface area contributed by atoms with Crippen molar-refractivity contribution in [1.29, 1.82) is 0 Å². The molecule has 4 nitrogen and oxygen atoms in total. The Balaban J connectivity index is 1.34. The van der Waals surface area contributed by atoms with Crippen molar-refractivity contribution in [3.8, 4) is 0 Å². The van der Waals surface area contributed by atoms with Crippen LogP contribution in [0.4, 0.5) is 4.39 Å². The van der Waals surface area contributed by atoms with Crippen molar-refractivity contribution < 1.29 is 9.18 Å². The van der Waals surface area contributed by atoms with Gasteiger partial charge in [0.1, 0.15) is 11.3 Å². The van der Waals surface area contributed by atoms with Gasteiger partial charge in [-0.05, 0) is 43.7 Å². The highest BCUT2D eigenvalue weighted by Gasteiger charge is 2.39. The molecule has 1 aromatic carbocycles. The molecule has 4 aliphatic rings. The number of hydrogen-bond donors (Lipinski definition) is 0. The highest BCUT2D eigenvalue weighted by molar-refractivity contribution is 5.80. The van der Waals surface area contributed by atoms with Gasteiger partial charge in [-0.2, -0.15) is 0 Å². The third kappa shape index (κ3) is 3.22. The minimum atomic E-state index is -0.260. The molecule has 0 radical (unpaired) electrons. The second-order valence-corrected chi connectivity index (χ2v) is 8.51. The number of para-hydroxylation sites is 1. The van der Waals surface area contributed by atoms with Gasteiger partial charge < -0.3 is 4.90 Å². The summed E-state index contributed by atoms with van der Waals surface area (Å²) in [4.78, 5) is 22.0. The number of nitrogens with zero attached hydrogens (tertiary/aromatic N) is 3. The van der Waals surface area contributed by atoms with Gasteiger partial charge in [0.2, 0.25) is 5.91 Å². The zero-order valence-electron chi connectivity index (χ0n) is 15.6. The summed E-state index contributed by atoms with van der Waals surface area (Å²) >= 11 is 0. The molecule has 1 amide bonds. The van der Waals surface area contributed by atoms with Gasteiger partial charge in [-0.1, -0.05) is 24.6 Å². The lowest BCUT2D eigenvalue weighted by molar-refractivity contribution is -0.138. The number of rotatable bonds is 3. The van der Waals surface area contributed by atoms with Crippen LogP contribution in [-0.4, -0.2) is 46.4 Å². The van der Waals surface area contributed by atoms with E-state index in [1.54, 1.807) is 6.07 Å². The van der Waals surface area contributed by atoms with Crippen LogP contribution >= 0.6 is 0 Å². The Kier molecular flexibility index (Phi) is 4.35. The fourth-order valence-corrected chi connectivity index (χ4v) is 4.91. The normalized spacial score (nSPS) is 26.2. The van der Waals surface area contributed by atoms with Gasteiger partial charge in [-0.15, -0.1) is 0 Å². The number of benzene rings is 1. The zero-order valence-corrected chi connectivity index (χ0v) is 15.6. The zero-order chi connectivity index (χ0) is 18.4. The molecular weight excluding hydrogens is 341 g/mol. The molecule has 27 heavy (non-hydrogen) atoms. The van der Waals surface area contributed by atoms with Gasteiger partial charge in [0.15, 0.2) is 0 Å². The van der Waals surface area contributed by atoms with E-state index in [4.69, 9.17) is 0 Å². The molecule has 5 heteroatoms. The number of piperidine rings is 1. The Hall–Kier alpha value is -2.01. The van der Waals surface area contributed by atoms with E-state index in [9.17, 15) is 9.18 Å². The van der Waals surface area contributed by atoms with Crippen LogP contribution in [-0.2, 0) is 11.3 Å². The number of carbonyl (C=O) groups excluding carboxylic acids is 1. The first kappa shape index (κ1) is 17.1. The summed E-state index contributed by atoms with van der Waals surface area (Å²) in [6, 6.07) is 9.46. The lowest BCUT2D eigenvalue weighted by atomic mass is 9.84. The van der Waals surface area contributed by atoms with E-state index in [1.807, 2.05) is 18.2 Å². The standard InChI is InChI=1S/C22H26FN3O/c23-20-6-2-3-16-8-9-18(24-21(16)20)13-25-11-15-7-10-19(25)14-26(12-15)22(27)17-4-1-5-17/h2-3,6,8-9,15,17,19H,1,4-5,7,10-14H2/t15-,19-/m0/s1. The summed E-state index contributed by atoms with van der Waals surface area (Å²) in [6.45, 7) is 3.49. The summed E-state index contributed by atoms with van der Waals surface area (Å²) in [7, 11) is 0. The van der Waals surface area contributed by atoms with Crippen molar-refractivity contribution >= 4 is 16.8 Å². The number of hydrogen-bond acceptors (Lipinski definition) is 3. The minimum absolute atomic E-state index is 0.260. The lowest BCUT2D eigenvalue weighted by Crippen LogP contribution is -2.45. The lowest BCUT2D eigenvalue weighted by Gasteiger charge is -2.36. The maximum Gasteiger partial charge on any atom is 0.225 e. The molecule has 2 bridgehead atoms. The first-order valence-electron chi connectivity index (χ1n) is 10.2. The molecule has 3 saturated heterocycles. The predicted octanol–water partition coefficient (Wildman–Crippen LogP) is 3.60. The SMILES string of the molecule is O=C(C1CCC1)N1C[C@H]2CC[C@@H](C1)N(Cc1ccc3cccc(F)c3n1)C2. The molecule has 2 atom stereocenters. The monoisotopic (exact) mass is 367 g/mol. The predicted molar refractivity (Wildman–Crippen MR) is 103 cm³/mol. The van der Waals surface area contributed by atoms with Crippen molar-refractivity contribution in [2.24, 2.45) is 11.8 Å². The summed E-state index contributed by atoms with van der Waals surface area (Å²) < 4.78 is 14.1. The van der Waals surface area contributed by atoms with Gasteiger partial charge >= 0.3 is 0 Å². The Morgan fingerprint density at radius 1 is 1.07 bits per heavy atom. The summed E-state index contributed by atoms with van der Waals surface area (Å²) in [5.74, 6) is 0.945. The molecule has 1 aliphatic carbocycles. The van der Waals surface area contributed by atoms with Crippen LogP contribution in [0.3, 0.4) is 0 Å². The number of pyridine rings is 1. The van der Waals surface area contributed by atoms with Crippen molar-refractivity contribution in [2.75, 3.05) is 19.6 Å². The van der Waals surface area contributed by atoms with Crippen LogP contribution in [0, 0.1) is 17.7 Å². The van der Waals surface area contributed by atoms with Gasteiger partial charge in [0.05, 0.1) is 5.69 Å². The fraction of sp³-hybridized carbons (Fsp3) is 0.545. The van der Waals surface area contributed by atoms with E-state index >= 15 is 0 Å². The molecule has 6 rings (SSSR count). The molecule has 1 aromatic heterocycles. The van der Waals surface area contributed by atoms with E-state index in [1.165, 1.54) is 18.9 Å². The molecule has 1 saturated carbocycles. The molecule has 142 valence electrons. The highest BCUT2D eigenvalue weighted by atomic mass is 19.1. The smallest absolute Gasteiger partial charge is 0.225 e. The molecule has 0 N–H and O–H groups in total. The molecule has 0 unspecified atom stereocenters. The minimum Gasteiger partial charge on any atom is -0.341 e. The Labute approximate surface area is 159 Å². The number of halogens is 1. The second-order valence-electron chi connectivity index (χ2n) is 8.51. The average molecular weight is 367 g/mol. The van der Waals surface area contributed by atoms with Crippen LogP contribution in [0.2, 0.25) is 0 Å². The van der Waals surface area contributed by atoms with Crippen molar-refractivity contribution in [2.45, 2.75) is 44.7 Å². The van der Waals surface area contributed by atoms with Crippen molar-refractivity contribution in [3.05, 3.63) is 41.8 Å². The van der Waals surface area contributed by atoms with E-state index in [0.29, 0.717) is 23.4 Å². The molecular formula is C22H26FN3O. The third-order valence-corrected chi connectivity index (χ3v) is 6.69. The molecule has 0 spiro atoms. The van der Waals surface area contributed by atoms with E-state index < -0.39 is 0 Å². The average Bonchev–Trinajstić information content (AvgIpc) is 2.93. The van der Waals surface area contributed by atoms with E-state index in [-0.39, 0.29) is 11.7 Å². The number of amides is 1. The maximum absolute atomic E-state index is 14.1. The highest BCUT2D eigenvalue weighted by Crippen LogP contribution is 2.33. The van der Waals surface area contributed by atoms with Gasteiger partial charge in [0.25, 0.3) is 0 Å². The van der Waals surface area contributed by atoms with Crippen molar-refractivity contribution in [3.63, 3.8) is 0 Å². The quantitative estimate of drug-likeness (QED) is 0.832. The molecule has 4 heterocycles. The second kappa shape index (κ2) is 6.86. The number of fused-ring (bicyclic) bond motifs is 5. The molecule has 3 aliphatic heterocycles. The van der Waals surface area contributed by atoms with Crippen LogP contribution < -0.4 is 0 Å².